The zero-order valence-electron chi connectivity index (χ0n) is 12.9. The van der Waals surface area contributed by atoms with Gasteiger partial charge in [0, 0.05) is 20.1 Å². The van der Waals surface area contributed by atoms with E-state index in [0.717, 1.165) is 31.4 Å². The van der Waals surface area contributed by atoms with Crippen molar-refractivity contribution in [2.24, 2.45) is 0 Å². The summed E-state index contributed by atoms with van der Waals surface area (Å²) in [7, 11) is -0.239. The van der Waals surface area contributed by atoms with Gasteiger partial charge in [-0.25, -0.2) is 12.7 Å². The number of nitrogens with zero attached hydrogens (tertiary/aromatic N) is 1. The molecule has 0 radical (unpaired) electrons. The highest BCUT2D eigenvalue weighted by Gasteiger charge is 2.21. The van der Waals surface area contributed by atoms with Crippen LogP contribution in [0.1, 0.15) is 32.3 Å². The molecule has 114 valence electrons. The average Bonchev–Trinajstić information content (AvgIpc) is 2.39. The molecule has 5 heteroatoms. The van der Waals surface area contributed by atoms with Gasteiger partial charge >= 0.3 is 0 Å². The summed E-state index contributed by atoms with van der Waals surface area (Å²) in [5.41, 5.74) is 0.889. The first-order valence-corrected chi connectivity index (χ1v) is 8.61. The molecule has 0 heterocycles. The second-order valence-electron chi connectivity index (χ2n) is 5.14. The predicted molar refractivity (Wildman–Crippen MR) is 83.4 cm³/mol. The number of likely N-dealkylation sites (N-methyl/N-ethyl adjacent to an activating group) is 1. The molecule has 0 aliphatic heterocycles. The molecule has 20 heavy (non-hydrogen) atoms. The summed E-state index contributed by atoms with van der Waals surface area (Å²) in [4.78, 5) is 0.420. The molecule has 0 aromatic heterocycles. The fourth-order valence-corrected chi connectivity index (χ4v) is 3.43. The Labute approximate surface area is 123 Å². The van der Waals surface area contributed by atoms with Crippen LogP contribution in [0.25, 0.3) is 0 Å². The third kappa shape index (κ3) is 4.30. The molecule has 0 amide bonds. The standard InChI is InChI=1S/C15H26N2O2S/c1-5-9-14(16-6-2)12-13-10-7-8-11-15(13)20(18,19)17(3)4/h7-8,10-11,14,16H,5-6,9,12H2,1-4H3. The van der Waals surface area contributed by atoms with Gasteiger partial charge < -0.3 is 5.32 Å². The van der Waals surface area contributed by atoms with Gasteiger partial charge in [0.15, 0.2) is 0 Å². The molecular formula is C15H26N2O2S. The van der Waals surface area contributed by atoms with Crippen LogP contribution in [0.5, 0.6) is 0 Å². The van der Waals surface area contributed by atoms with Crippen molar-refractivity contribution in [2.75, 3.05) is 20.6 Å². The first kappa shape index (κ1) is 17.1. The number of benzene rings is 1. The Morgan fingerprint density at radius 3 is 2.40 bits per heavy atom. The minimum Gasteiger partial charge on any atom is -0.314 e. The van der Waals surface area contributed by atoms with Crippen LogP contribution in [-0.2, 0) is 16.4 Å². The Morgan fingerprint density at radius 1 is 1.20 bits per heavy atom. The maximum atomic E-state index is 12.4. The zero-order chi connectivity index (χ0) is 15.2. The van der Waals surface area contributed by atoms with Crippen LogP contribution in [-0.4, -0.2) is 39.4 Å². The number of hydrogen-bond donors (Lipinski definition) is 1. The molecule has 0 saturated heterocycles. The van der Waals surface area contributed by atoms with Crippen molar-refractivity contribution in [3.63, 3.8) is 0 Å². The highest BCUT2D eigenvalue weighted by Crippen LogP contribution is 2.20. The van der Waals surface area contributed by atoms with Crippen molar-refractivity contribution in [3.8, 4) is 0 Å². The number of rotatable bonds is 8. The molecule has 1 N–H and O–H groups in total. The summed E-state index contributed by atoms with van der Waals surface area (Å²) < 4.78 is 26.0. The summed E-state index contributed by atoms with van der Waals surface area (Å²) in [5, 5.41) is 3.43. The Bertz CT molecular complexity index is 506. The van der Waals surface area contributed by atoms with Crippen LogP contribution in [0.2, 0.25) is 0 Å². The highest BCUT2D eigenvalue weighted by atomic mass is 32.2. The molecule has 0 saturated carbocycles. The van der Waals surface area contributed by atoms with Gasteiger partial charge in [0.1, 0.15) is 0 Å². The Morgan fingerprint density at radius 2 is 1.85 bits per heavy atom. The monoisotopic (exact) mass is 298 g/mol. The average molecular weight is 298 g/mol. The van der Waals surface area contributed by atoms with E-state index in [1.54, 1.807) is 26.2 Å². The first-order chi connectivity index (χ1) is 9.43. The van der Waals surface area contributed by atoms with Gasteiger partial charge in [-0.1, -0.05) is 38.5 Å². The lowest BCUT2D eigenvalue weighted by Gasteiger charge is -2.20. The van der Waals surface area contributed by atoms with Crippen molar-refractivity contribution in [1.29, 1.82) is 0 Å². The van der Waals surface area contributed by atoms with Crippen molar-refractivity contribution in [3.05, 3.63) is 29.8 Å². The molecular weight excluding hydrogens is 272 g/mol. The van der Waals surface area contributed by atoms with E-state index in [0.29, 0.717) is 10.9 Å². The van der Waals surface area contributed by atoms with Gasteiger partial charge in [-0.05, 0) is 31.0 Å². The molecule has 1 unspecified atom stereocenters. The lowest BCUT2D eigenvalue weighted by atomic mass is 10.0. The lowest BCUT2D eigenvalue weighted by molar-refractivity contribution is 0.480. The summed E-state index contributed by atoms with van der Waals surface area (Å²) in [6.45, 7) is 5.12. The smallest absolute Gasteiger partial charge is 0.242 e. The van der Waals surface area contributed by atoms with E-state index >= 15 is 0 Å². The van der Waals surface area contributed by atoms with Gasteiger partial charge in [0.05, 0.1) is 4.90 Å². The maximum absolute atomic E-state index is 12.4. The van der Waals surface area contributed by atoms with E-state index in [4.69, 9.17) is 0 Å². The molecule has 0 aliphatic carbocycles. The summed E-state index contributed by atoms with van der Waals surface area (Å²) in [6, 6.07) is 7.61. The minimum atomic E-state index is -3.38. The Kier molecular flexibility index (Phi) is 6.65. The molecule has 0 aliphatic rings. The van der Waals surface area contributed by atoms with Gasteiger partial charge in [-0.15, -0.1) is 0 Å². The fraction of sp³-hybridized carbons (Fsp3) is 0.600. The summed E-state index contributed by atoms with van der Waals surface area (Å²) >= 11 is 0. The van der Waals surface area contributed by atoms with E-state index in [9.17, 15) is 8.42 Å². The molecule has 0 bridgehead atoms. The lowest BCUT2D eigenvalue weighted by Crippen LogP contribution is -2.32. The molecule has 4 nitrogen and oxygen atoms in total. The van der Waals surface area contributed by atoms with Gasteiger partial charge in [0.2, 0.25) is 10.0 Å². The summed E-state index contributed by atoms with van der Waals surface area (Å²) in [6.07, 6.45) is 2.87. The molecule has 1 aromatic rings. The van der Waals surface area contributed by atoms with Crippen LogP contribution in [0.4, 0.5) is 0 Å². The van der Waals surface area contributed by atoms with E-state index in [2.05, 4.69) is 19.2 Å². The van der Waals surface area contributed by atoms with Crippen molar-refractivity contribution in [2.45, 2.75) is 44.0 Å². The number of nitrogens with one attached hydrogen (secondary N) is 1. The largest absolute Gasteiger partial charge is 0.314 e. The molecule has 1 aromatic carbocycles. The Hall–Kier alpha value is -0.910. The number of sulfonamides is 1. The third-order valence-electron chi connectivity index (χ3n) is 3.33. The summed E-state index contributed by atoms with van der Waals surface area (Å²) in [5.74, 6) is 0. The quantitative estimate of drug-likeness (QED) is 0.801. The number of hydrogen-bond acceptors (Lipinski definition) is 3. The van der Waals surface area contributed by atoms with Gasteiger partial charge in [-0.2, -0.15) is 0 Å². The molecule has 1 atom stereocenters. The van der Waals surface area contributed by atoms with Crippen molar-refractivity contribution < 1.29 is 8.42 Å². The molecule has 0 fully saturated rings. The second kappa shape index (κ2) is 7.76. The molecule has 0 spiro atoms. The topological polar surface area (TPSA) is 49.4 Å². The maximum Gasteiger partial charge on any atom is 0.242 e. The predicted octanol–water partition coefficient (Wildman–Crippen LogP) is 2.26. The minimum absolute atomic E-state index is 0.323. The van der Waals surface area contributed by atoms with E-state index < -0.39 is 10.0 Å². The third-order valence-corrected chi connectivity index (χ3v) is 5.24. The normalized spacial score (nSPS) is 13.7. The fourth-order valence-electron chi connectivity index (χ4n) is 2.30. The van der Waals surface area contributed by atoms with Crippen LogP contribution in [0, 0.1) is 0 Å². The van der Waals surface area contributed by atoms with Crippen LogP contribution in [0.15, 0.2) is 29.2 Å². The van der Waals surface area contributed by atoms with Crippen LogP contribution >= 0.6 is 0 Å². The zero-order valence-corrected chi connectivity index (χ0v) is 13.7. The highest BCUT2D eigenvalue weighted by molar-refractivity contribution is 7.89. The van der Waals surface area contributed by atoms with E-state index in [1.165, 1.54) is 4.31 Å². The SMILES string of the molecule is CCCC(Cc1ccccc1S(=O)(=O)N(C)C)NCC. The van der Waals surface area contributed by atoms with Gasteiger partial charge in [-0.3, -0.25) is 0 Å². The van der Waals surface area contributed by atoms with Crippen molar-refractivity contribution >= 4 is 10.0 Å². The van der Waals surface area contributed by atoms with E-state index in [-0.39, 0.29) is 0 Å². The van der Waals surface area contributed by atoms with Crippen LogP contribution < -0.4 is 5.32 Å². The van der Waals surface area contributed by atoms with Crippen LogP contribution in [0.3, 0.4) is 0 Å². The molecule has 1 rings (SSSR count). The van der Waals surface area contributed by atoms with Crippen molar-refractivity contribution in [1.82, 2.24) is 9.62 Å². The first-order valence-electron chi connectivity index (χ1n) is 7.17. The Balaban J connectivity index is 3.07. The van der Waals surface area contributed by atoms with Gasteiger partial charge in [0.25, 0.3) is 0 Å². The van der Waals surface area contributed by atoms with E-state index in [1.807, 2.05) is 12.1 Å². The second-order valence-corrected chi connectivity index (χ2v) is 7.26.